The molecule has 2 aromatic heterocycles. The lowest BCUT2D eigenvalue weighted by molar-refractivity contribution is -0.137. The van der Waals surface area contributed by atoms with Crippen LogP contribution in [0, 0.1) is 0 Å². The molecule has 0 bridgehead atoms. The smallest absolute Gasteiger partial charge is 0.352 e. The van der Waals surface area contributed by atoms with Gasteiger partial charge in [-0.25, -0.2) is 14.6 Å². The van der Waals surface area contributed by atoms with Gasteiger partial charge in [0, 0.05) is 36.8 Å². The van der Waals surface area contributed by atoms with Crippen LogP contribution in [0.1, 0.15) is 15.9 Å². The summed E-state index contributed by atoms with van der Waals surface area (Å²) >= 11 is 6.11. The number of hydrogen-bond acceptors (Lipinski definition) is 5. The van der Waals surface area contributed by atoms with E-state index in [1.807, 2.05) is 17.0 Å². The number of alkyl halides is 3. The summed E-state index contributed by atoms with van der Waals surface area (Å²) in [6.07, 6.45) is -1.26. The van der Waals surface area contributed by atoms with Crippen LogP contribution >= 0.6 is 11.6 Å². The van der Waals surface area contributed by atoms with E-state index in [-0.39, 0.29) is 11.5 Å². The van der Waals surface area contributed by atoms with Crippen LogP contribution in [0.15, 0.2) is 61.1 Å². The third kappa shape index (κ3) is 4.16. The summed E-state index contributed by atoms with van der Waals surface area (Å²) in [5.74, 6) is 0.412. The summed E-state index contributed by atoms with van der Waals surface area (Å²) in [5, 5.41) is 5.81. The van der Waals surface area contributed by atoms with E-state index in [1.165, 1.54) is 18.5 Å². The SMILES string of the molecule is O=C(c1ccc(C(F)(F)F)cc1)N1CCN(c2ncnc3c2cnn3-c2cccc(Cl)c2)CC1. The van der Waals surface area contributed by atoms with Gasteiger partial charge in [0.25, 0.3) is 5.91 Å². The van der Waals surface area contributed by atoms with Gasteiger partial charge in [0.1, 0.15) is 12.1 Å². The molecule has 0 unspecified atom stereocenters. The molecular weight excluding hydrogens is 469 g/mol. The Hall–Kier alpha value is -3.66. The Morgan fingerprint density at radius 3 is 2.38 bits per heavy atom. The summed E-state index contributed by atoms with van der Waals surface area (Å²) in [5.41, 5.74) is 0.864. The quantitative estimate of drug-likeness (QED) is 0.428. The van der Waals surface area contributed by atoms with Gasteiger partial charge in [0.05, 0.1) is 22.8 Å². The van der Waals surface area contributed by atoms with E-state index >= 15 is 0 Å². The predicted octanol–water partition coefficient (Wildman–Crippen LogP) is 4.45. The molecule has 34 heavy (non-hydrogen) atoms. The van der Waals surface area contributed by atoms with Crippen LogP contribution in [0.25, 0.3) is 16.7 Å². The Morgan fingerprint density at radius 2 is 1.71 bits per heavy atom. The molecule has 3 heterocycles. The lowest BCUT2D eigenvalue weighted by Crippen LogP contribution is -2.49. The Kier molecular flexibility index (Phi) is 5.60. The van der Waals surface area contributed by atoms with Crippen molar-refractivity contribution in [1.29, 1.82) is 0 Å². The number of anilines is 1. The lowest BCUT2D eigenvalue weighted by Gasteiger charge is -2.35. The molecular formula is C23H18ClF3N6O. The van der Waals surface area contributed by atoms with E-state index in [1.54, 1.807) is 27.9 Å². The number of amides is 1. The Bertz CT molecular complexity index is 1350. The van der Waals surface area contributed by atoms with E-state index in [0.29, 0.717) is 42.7 Å². The maximum Gasteiger partial charge on any atom is 0.416 e. The van der Waals surface area contributed by atoms with Gasteiger partial charge < -0.3 is 9.80 Å². The number of hydrogen-bond donors (Lipinski definition) is 0. The van der Waals surface area contributed by atoms with Crippen LogP contribution in [0.3, 0.4) is 0 Å². The van der Waals surface area contributed by atoms with Gasteiger partial charge in [0.15, 0.2) is 5.65 Å². The number of benzene rings is 2. The zero-order valence-electron chi connectivity index (χ0n) is 17.7. The molecule has 0 radical (unpaired) electrons. The van der Waals surface area contributed by atoms with Crippen molar-refractivity contribution < 1.29 is 18.0 Å². The first-order valence-electron chi connectivity index (χ1n) is 10.5. The Labute approximate surface area is 197 Å². The maximum absolute atomic E-state index is 12.8. The van der Waals surface area contributed by atoms with E-state index in [4.69, 9.17) is 11.6 Å². The van der Waals surface area contributed by atoms with Gasteiger partial charge in [-0.05, 0) is 42.5 Å². The number of aromatic nitrogens is 4. The zero-order valence-corrected chi connectivity index (χ0v) is 18.5. The van der Waals surface area contributed by atoms with Crippen molar-refractivity contribution in [2.75, 3.05) is 31.1 Å². The molecule has 11 heteroatoms. The second-order valence-corrected chi connectivity index (χ2v) is 8.26. The molecule has 0 spiro atoms. The van der Waals surface area contributed by atoms with Crippen molar-refractivity contribution in [3.63, 3.8) is 0 Å². The van der Waals surface area contributed by atoms with Gasteiger partial charge >= 0.3 is 6.18 Å². The van der Waals surface area contributed by atoms with Crippen LogP contribution in [-0.2, 0) is 6.18 Å². The highest BCUT2D eigenvalue weighted by Crippen LogP contribution is 2.30. The molecule has 174 valence electrons. The fourth-order valence-electron chi connectivity index (χ4n) is 3.99. The standard InChI is InChI=1S/C23H18ClF3N6O/c24-17-2-1-3-18(12-17)33-21-19(13-30-33)20(28-14-29-21)31-8-10-32(11-9-31)22(34)15-4-6-16(7-5-15)23(25,26)27/h1-7,12-14H,8-11H2. The van der Waals surface area contributed by atoms with E-state index in [0.717, 1.165) is 23.2 Å². The molecule has 1 aliphatic rings. The van der Waals surface area contributed by atoms with Gasteiger partial charge in [0.2, 0.25) is 0 Å². The van der Waals surface area contributed by atoms with Gasteiger partial charge in [-0.2, -0.15) is 18.3 Å². The molecule has 0 aliphatic carbocycles. The average Bonchev–Trinajstić information content (AvgIpc) is 3.28. The van der Waals surface area contributed by atoms with E-state index in [2.05, 4.69) is 15.1 Å². The molecule has 4 aromatic rings. The Balaban J connectivity index is 1.32. The number of nitrogens with zero attached hydrogens (tertiary/aromatic N) is 6. The highest BCUT2D eigenvalue weighted by Gasteiger charge is 2.31. The van der Waals surface area contributed by atoms with Crippen molar-refractivity contribution in [1.82, 2.24) is 24.6 Å². The molecule has 1 saturated heterocycles. The van der Waals surface area contributed by atoms with Crippen LogP contribution < -0.4 is 4.90 Å². The van der Waals surface area contributed by atoms with Crippen LogP contribution in [0.5, 0.6) is 0 Å². The monoisotopic (exact) mass is 486 g/mol. The molecule has 7 nitrogen and oxygen atoms in total. The van der Waals surface area contributed by atoms with E-state index in [9.17, 15) is 18.0 Å². The molecule has 0 atom stereocenters. The minimum atomic E-state index is -4.43. The summed E-state index contributed by atoms with van der Waals surface area (Å²) in [6, 6.07) is 11.6. The van der Waals surface area contributed by atoms with Crippen molar-refractivity contribution in [3.05, 3.63) is 77.2 Å². The third-order valence-electron chi connectivity index (χ3n) is 5.72. The summed E-state index contributed by atoms with van der Waals surface area (Å²) < 4.78 is 40.0. The van der Waals surface area contributed by atoms with Crippen molar-refractivity contribution in [3.8, 4) is 5.69 Å². The molecule has 0 N–H and O–H groups in total. The molecule has 5 rings (SSSR count). The molecule has 1 fully saturated rings. The number of carbonyl (C=O) groups is 1. The zero-order chi connectivity index (χ0) is 23.9. The number of halogens is 4. The third-order valence-corrected chi connectivity index (χ3v) is 5.96. The second kappa shape index (κ2) is 8.60. The molecule has 2 aromatic carbocycles. The highest BCUT2D eigenvalue weighted by atomic mass is 35.5. The minimum Gasteiger partial charge on any atom is -0.352 e. The fourth-order valence-corrected chi connectivity index (χ4v) is 4.17. The topological polar surface area (TPSA) is 67.2 Å². The van der Waals surface area contributed by atoms with E-state index < -0.39 is 11.7 Å². The average molecular weight is 487 g/mol. The first kappa shape index (κ1) is 22.1. The van der Waals surface area contributed by atoms with Crippen LogP contribution in [0.2, 0.25) is 5.02 Å². The van der Waals surface area contributed by atoms with Gasteiger partial charge in [-0.3, -0.25) is 4.79 Å². The first-order chi connectivity index (χ1) is 16.3. The summed E-state index contributed by atoms with van der Waals surface area (Å²) in [7, 11) is 0. The van der Waals surface area contributed by atoms with Crippen molar-refractivity contribution in [2.45, 2.75) is 6.18 Å². The van der Waals surface area contributed by atoms with Gasteiger partial charge in [-0.15, -0.1) is 0 Å². The highest BCUT2D eigenvalue weighted by molar-refractivity contribution is 6.30. The summed E-state index contributed by atoms with van der Waals surface area (Å²) in [4.78, 5) is 25.3. The van der Waals surface area contributed by atoms with Crippen LogP contribution in [0.4, 0.5) is 19.0 Å². The first-order valence-corrected chi connectivity index (χ1v) is 10.9. The Morgan fingerprint density at radius 1 is 0.971 bits per heavy atom. The lowest BCUT2D eigenvalue weighted by atomic mass is 10.1. The maximum atomic E-state index is 12.8. The largest absolute Gasteiger partial charge is 0.416 e. The van der Waals surface area contributed by atoms with Crippen LogP contribution in [-0.4, -0.2) is 56.7 Å². The van der Waals surface area contributed by atoms with Gasteiger partial charge in [-0.1, -0.05) is 17.7 Å². The molecule has 1 aliphatic heterocycles. The van der Waals surface area contributed by atoms with Crippen molar-refractivity contribution >= 4 is 34.4 Å². The fraction of sp³-hybridized carbons (Fsp3) is 0.217. The number of fused-ring (bicyclic) bond motifs is 1. The minimum absolute atomic E-state index is 0.230. The number of carbonyl (C=O) groups excluding carboxylic acids is 1. The second-order valence-electron chi connectivity index (χ2n) is 7.83. The molecule has 1 amide bonds. The normalized spacial score (nSPS) is 14.6. The number of rotatable bonds is 3. The van der Waals surface area contributed by atoms with Crippen molar-refractivity contribution in [2.24, 2.45) is 0 Å². The predicted molar refractivity (Wildman–Crippen MR) is 121 cm³/mol. The molecule has 0 saturated carbocycles. The number of piperazine rings is 1. The summed E-state index contributed by atoms with van der Waals surface area (Å²) in [6.45, 7) is 1.85.